The molecule has 0 saturated heterocycles. The first-order valence-corrected chi connectivity index (χ1v) is 13.0. The normalized spacial score (nSPS) is 21.8. The van der Waals surface area contributed by atoms with Gasteiger partial charge in [0.15, 0.2) is 0 Å². The number of methoxy groups -OCH3 is 1. The van der Waals surface area contributed by atoms with Crippen molar-refractivity contribution in [2.24, 2.45) is 17.8 Å². The highest BCUT2D eigenvalue weighted by atomic mass is 35.5. The number of rotatable bonds is 12. The maximum absolute atomic E-state index is 12.6. The van der Waals surface area contributed by atoms with Crippen LogP contribution in [0.3, 0.4) is 0 Å². The SMILES string of the molecule is COC(=O)CCC/C=C\C[C@H]1C(=O)C[C@@H](CO)C1/C=C/C(O)CCc1sc2ccccc2c1Cl. The molecule has 5 nitrogen and oxygen atoms in total. The predicted octanol–water partition coefficient (Wildman–Crippen LogP) is 5.51. The van der Waals surface area contributed by atoms with Crippen LogP contribution < -0.4 is 0 Å². The van der Waals surface area contributed by atoms with Crippen molar-refractivity contribution in [1.29, 1.82) is 0 Å². The number of esters is 1. The number of allylic oxidation sites excluding steroid dienone is 3. The zero-order valence-corrected chi connectivity index (χ0v) is 21.1. The number of thiophene rings is 1. The second-order valence-electron chi connectivity index (χ2n) is 8.80. The molecule has 3 rings (SSSR count). The summed E-state index contributed by atoms with van der Waals surface area (Å²) >= 11 is 8.17. The van der Waals surface area contributed by atoms with Gasteiger partial charge in [0.1, 0.15) is 5.78 Å². The van der Waals surface area contributed by atoms with Gasteiger partial charge in [0.2, 0.25) is 0 Å². The molecule has 2 aromatic rings. The number of fused-ring (bicyclic) bond motifs is 1. The Morgan fingerprint density at radius 3 is 2.85 bits per heavy atom. The number of aryl methyl sites for hydroxylation is 1. The molecule has 0 bridgehead atoms. The molecular weight excluding hydrogens is 472 g/mol. The molecule has 1 saturated carbocycles. The van der Waals surface area contributed by atoms with Gasteiger partial charge in [-0.1, -0.05) is 54.1 Å². The summed E-state index contributed by atoms with van der Waals surface area (Å²) in [6.45, 7) is -0.0480. The standard InChI is InChI=1S/C27H33ClO5S/c1-33-26(32)11-5-3-2-4-8-21-20(18(17-29)16-23(21)31)14-12-19(30)13-15-25-27(28)22-9-6-7-10-24(22)34-25/h2,4,6-7,9-10,12,14,18-21,29-30H,3,5,8,11,13,15-17H2,1H3/b4-2-,14-12+/t18-,19?,20?,21+/m0/s1. The number of Topliss-reactive ketones (excluding diaryl/α,β-unsaturated/α-hetero) is 1. The fraction of sp³-hybridized carbons (Fsp3) is 0.481. The smallest absolute Gasteiger partial charge is 0.305 e. The summed E-state index contributed by atoms with van der Waals surface area (Å²) < 4.78 is 5.78. The summed E-state index contributed by atoms with van der Waals surface area (Å²) in [5.41, 5.74) is 0. The molecule has 7 heteroatoms. The highest BCUT2D eigenvalue weighted by molar-refractivity contribution is 7.19. The van der Waals surface area contributed by atoms with Crippen molar-refractivity contribution in [3.05, 3.63) is 58.5 Å². The van der Waals surface area contributed by atoms with Crippen LogP contribution in [-0.4, -0.2) is 41.8 Å². The van der Waals surface area contributed by atoms with Crippen molar-refractivity contribution in [3.8, 4) is 0 Å². The molecular formula is C27H33ClO5S. The number of aliphatic hydroxyl groups is 2. The molecule has 2 N–H and O–H groups in total. The van der Waals surface area contributed by atoms with Gasteiger partial charge in [-0.2, -0.15) is 0 Å². The predicted molar refractivity (Wildman–Crippen MR) is 137 cm³/mol. The molecule has 184 valence electrons. The number of carbonyl (C=O) groups excluding carboxylic acids is 2. The number of halogens is 1. The van der Waals surface area contributed by atoms with E-state index in [0.717, 1.165) is 26.4 Å². The third-order valence-electron chi connectivity index (χ3n) is 6.48. The molecule has 0 amide bonds. The van der Waals surface area contributed by atoms with Gasteiger partial charge in [-0.3, -0.25) is 9.59 Å². The molecule has 4 atom stereocenters. The fourth-order valence-electron chi connectivity index (χ4n) is 4.54. The lowest BCUT2D eigenvalue weighted by atomic mass is 9.86. The molecule has 1 fully saturated rings. The molecule has 34 heavy (non-hydrogen) atoms. The average Bonchev–Trinajstić information content (AvgIpc) is 3.33. The quantitative estimate of drug-likeness (QED) is 0.226. The summed E-state index contributed by atoms with van der Waals surface area (Å²) in [4.78, 5) is 24.8. The number of ether oxygens (including phenoxy) is 1. The number of carbonyl (C=O) groups is 2. The van der Waals surface area contributed by atoms with Crippen LogP contribution in [0.4, 0.5) is 0 Å². The summed E-state index contributed by atoms with van der Waals surface area (Å²) in [5.74, 6) is -0.483. The van der Waals surface area contributed by atoms with Crippen molar-refractivity contribution in [2.75, 3.05) is 13.7 Å². The Morgan fingerprint density at radius 2 is 2.12 bits per heavy atom. The minimum atomic E-state index is -0.647. The second-order valence-corrected chi connectivity index (χ2v) is 10.3. The molecule has 0 aliphatic heterocycles. The van der Waals surface area contributed by atoms with E-state index in [1.165, 1.54) is 7.11 Å². The summed E-state index contributed by atoms with van der Waals surface area (Å²) in [6.07, 6.45) is 11.0. The maximum atomic E-state index is 12.6. The second kappa shape index (κ2) is 13.2. The van der Waals surface area contributed by atoms with E-state index in [2.05, 4.69) is 4.74 Å². The molecule has 1 aliphatic rings. The van der Waals surface area contributed by atoms with Gasteiger partial charge in [0.25, 0.3) is 0 Å². The lowest BCUT2D eigenvalue weighted by Crippen LogP contribution is -2.18. The van der Waals surface area contributed by atoms with Gasteiger partial charge < -0.3 is 14.9 Å². The highest BCUT2D eigenvalue weighted by Crippen LogP contribution is 2.38. The van der Waals surface area contributed by atoms with Crippen LogP contribution in [0, 0.1) is 17.8 Å². The third kappa shape index (κ3) is 7.01. The van der Waals surface area contributed by atoms with E-state index in [1.54, 1.807) is 17.4 Å². The van der Waals surface area contributed by atoms with E-state index in [4.69, 9.17) is 11.6 Å². The van der Waals surface area contributed by atoms with Crippen molar-refractivity contribution in [1.82, 2.24) is 0 Å². The molecule has 2 unspecified atom stereocenters. The zero-order chi connectivity index (χ0) is 24.5. The number of benzene rings is 1. The summed E-state index contributed by atoms with van der Waals surface area (Å²) in [5, 5.41) is 22.2. The van der Waals surface area contributed by atoms with Crippen molar-refractivity contribution in [3.63, 3.8) is 0 Å². The minimum absolute atomic E-state index is 0.0480. The van der Waals surface area contributed by atoms with Crippen LogP contribution in [0.1, 0.15) is 43.4 Å². The maximum Gasteiger partial charge on any atom is 0.305 e. The van der Waals surface area contributed by atoms with E-state index >= 15 is 0 Å². The Hall–Kier alpha value is -1.99. The van der Waals surface area contributed by atoms with Crippen LogP contribution in [0.5, 0.6) is 0 Å². The Bertz CT molecular complexity index is 1030. The van der Waals surface area contributed by atoms with Gasteiger partial charge in [0.05, 0.1) is 18.2 Å². The molecule has 1 aromatic heterocycles. The lowest BCUT2D eigenvalue weighted by molar-refractivity contribution is -0.140. The zero-order valence-electron chi connectivity index (χ0n) is 19.5. The van der Waals surface area contributed by atoms with E-state index in [9.17, 15) is 19.8 Å². The van der Waals surface area contributed by atoms with Crippen LogP contribution in [0.25, 0.3) is 10.1 Å². The minimum Gasteiger partial charge on any atom is -0.469 e. The van der Waals surface area contributed by atoms with Gasteiger partial charge in [-0.25, -0.2) is 0 Å². The number of hydrogen-bond donors (Lipinski definition) is 2. The molecule has 0 spiro atoms. The topological polar surface area (TPSA) is 83.8 Å². The van der Waals surface area contributed by atoms with E-state index < -0.39 is 6.10 Å². The van der Waals surface area contributed by atoms with Crippen LogP contribution in [-0.2, 0) is 20.7 Å². The van der Waals surface area contributed by atoms with Gasteiger partial charge in [0, 0.05) is 40.3 Å². The number of ketones is 1. The summed E-state index contributed by atoms with van der Waals surface area (Å²) in [6, 6.07) is 8.02. The first-order chi connectivity index (χ1) is 16.4. The number of hydrogen-bond acceptors (Lipinski definition) is 6. The Morgan fingerprint density at radius 1 is 1.32 bits per heavy atom. The Balaban J connectivity index is 1.54. The van der Waals surface area contributed by atoms with E-state index in [-0.39, 0.29) is 36.1 Å². The summed E-state index contributed by atoms with van der Waals surface area (Å²) in [7, 11) is 1.38. The number of aliphatic hydroxyl groups excluding tert-OH is 2. The van der Waals surface area contributed by atoms with E-state index in [1.807, 2.05) is 42.5 Å². The third-order valence-corrected chi connectivity index (χ3v) is 8.25. The largest absolute Gasteiger partial charge is 0.469 e. The first kappa shape index (κ1) is 26.6. The molecule has 1 heterocycles. The van der Waals surface area contributed by atoms with Crippen molar-refractivity contribution < 1.29 is 24.5 Å². The van der Waals surface area contributed by atoms with Gasteiger partial charge >= 0.3 is 5.97 Å². The van der Waals surface area contributed by atoms with Crippen LogP contribution in [0.15, 0.2) is 48.6 Å². The Kier molecular flexibility index (Phi) is 10.3. The fourth-order valence-corrected chi connectivity index (χ4v) is 6.08. The number of unbranched alkanes of at least 4 members (excludes halogenated alkanes) is 1. The molecule has 1 aliphatic carbocycles. The van der Waals surface area contributed by atoms with Crippen LogP contribution >= 0.6 is 22.9 Å². The molecule has 1 aromatic carbocycles. The molecule has 0 radical (unpaired) electrons. The highest BCUT2D eigenvalue weighted by Gasteiger charge is 2.39. The Labute approximate surface area is 210 Å². The van der Waals surface area contributed by atoms with Gasteiger partial charge in [-0.15, -0.1) is 11.3 Å². The van der Waals surface area contributed by atoms with Gasteiger partial charge in [-0.05, 0) is 50.0 Å². The average molecular weight is 505 g/mol. The van der Waals surface area contributed by atoms with E-state index in [0.29, 0.717) is 38.5 Å². The first-order valence-electron chi connectivity index (χ1n) is 11.8. The monoisotopic (exact) mass is 504 g/mol. The lowest BCUT2D eigenvalue weighted by Gasteiger charge is -2.19. The van der Waals surface area contributed by atoms with Crippen LogP contribution in [0.2, 0.25) is 5.02 Å². The van der Waals surface area contributed by atoms with Crippen molar-refractivity contribution in [2.45, 2.75) is 51.0 Å². The van der Waals surface area contributed by atoms with Crippen molar-refractivity contribution >= 4 is 44.8 Å².